The van der Waals surface area contributed by atoms with Crippen LogP contribution in [0.4, 0.5) is 0 Å². The number of hydrogen-bond donors (Lipinski definition) is 0. The molecule has 3 aromatic carbocycles. The Balaban J connectivity index is 1.56. The van der Waals surface area contributed by atoms with Gasteiger partial charge in [-0.05, 0) is 49.3 Å². The number of nitrogens with zero attached hydrogens (tertiary/aromatic N) is 1. The van der Waals surface area contributed by atoms with Crippen LogP contribution in [0, 0.1) is 0 Å². The van der Waals surface area contributed by atoms with Crippen LogP contribution in [-0.4, -0.2) is 4.57 Å². The molecular formula is C34H29N. The summed E-state index contributed by atoms with van der Waals surface area (Å²) >= 11 is 0. The van der Waals surface area contributed by atoms with E-state index in [1.807, 2.05) is 0 Å². The smallest absolute Gasteiger partial charge is 0.0538 e. The van der Waals surface area contributed by atoms with Gasteiger partial charge < -0.3 is 4.57 Å². The third-order valence-electron chi connectivity index (χ3n) is 7.50. The van der Waals surface area contributed by atoms with Gasteiger partial charge in [-0.1, -0.05) is 115 Å². The largest absolute Gasteiger partial charge is 0.309 e. The number of aromatic nitrogens is 1. The first kappa shape index (κ1) is 21.4. The van der Waals surface area contributed by atoms with E-state index in [1.165, 1.54) is 39.3 Å². The molecule has 170 valence electrons. The minimum absolute atomic E-state index is 0.169. The first-order valence-corrected chi connectivity index (χ1v) is 12.3. The highest BCUT2D eigenvalue weighted by molar-refractivity contribution is 5.84. The zero-order valence-corrected chi connectivity index (χ0v) is 20.2. The van der Waals surface area contributed by atoms with E-state index in [0.29, 0.717) is 0 Å². The van der Waals surface area contributed by atoms with Crippen molar-refractivity contribution in [2.75, 3.05) is 0 Å². The Morgan fingerprint density at radius 3 is 1.26 bits per heavy atom. The Morgan fingerprint density at radius 2 is 0.829 bits per heavy atom. The van der Waals surface area contributed by atoms with Crippen LogP contribution in [0.25, 0.3) is 30.0 Å². The Labute approximate surface area is 208 Å². The second kappa shape index (κ2) is 8.29. The fourth-order valence-electron chi connectivity index (χ4n) is 5.29. The van der Waals surface area contributed by atoms with Gasteiger partial charge in [0.05, 0.1) is 11.4 Å². The molecule has 0 saturated heterocycles. The monoisotopic (exact) mass is 451 g/mol. The number of fused-ring (bicyclic) bond motifs is 3. The van der Waals surface area contributed by atoms with Gasteiger partial charge in [-0.2, -0.15) is 0 Å². The second-order valence-electron chi connectivity index (χ2n) is 9.90. The molecule has 35 heavy (non-hydrogen) atoms. The van der Waals surface area contributed by atoms with Gasteiger partial charge in [0.2, 0.25) is 0 Å². The molecule has 6 rings (SSSR count). The summed E-state index contributed by atoms with van der Waals surface area (Å²) in [7, 11) is 0. The highest BCUT2D eigenvalue weighted by Crippen LogP contribution is 2.40. The van der Waals surface area contributed by atoms with E-state index in [9.17, 15) is 0 Å². The number of para-hydroxylation sites is 1. The molecule has 0 radical (unpaired) electrons. The van der Waals surface area contributed by atoms with Crippen LogP contribution in [0.1, 0.15) is 47.5 Å². The molecule has 1 aromatic heterocycles. The van der Waals surface area contributed by atoms with Crippen molar-refractivity contribution in [2.24, 2.45) is 0 Å². The summed E-state index contributed by atoms with van der Waals surface area (Å²) in [6.07, 6.45) is 18.6. The minimum atomic E-state index is -0.169. The molecule has 1 heterocycles. The van der Waals surface area contributed by atoms with E-state index in [0.717, 1.165) is 0 Å². The molecule has 0 fully saturated rings. The molecule has 4 aromatic rings. The Hall–Kier alpha value is -4.10. The van der Waals surface area contributed by atoms with Gasteiger partial charge in [-0.3, -0.25) is 0 Å². The van der Waals surface area contributed by atoms with Crippen LogP contribution in [0.15, 0.2) is 115 Å². The van der Waals surface area contributed by atoms with Crippen LogP contribution >= 0.6 is 0 Å². The summed E-state index contributed by atoms with van der Waals surface area (Å²) in [6.45, 7) is 4.57. The maximum Gasteiger partial charge on any atom is 0.0538 e. The number of benzene rings is 3. The van der Waals surface area contributed by atoms with E-state index in [-0.39, 0.29) is 10.8 Å². The molecule has 1 heteroatoms. The molecule has 2 atom stereocenters. The SMILES string of the molecule is CC1(c2ccccc2)C=Cc2c3c(n(-c4ccccc4)c2C=C1)C=CC(C)(c1ccccc1)C=C3. The van der Waals surface area contributed by atoms with Crippen molar-refractivity contribution >= 4 is 24.3 Å². The highest BCUT2D eigenvalue weighted by Gasteiger charge is 2.28. The lowest BCUT2D eigenvalue weighted by molar-refractivity contribution is 0.766. The van der Waals surface area contributed by atoms with Gasteiger partial charge in [0.25, 0.3) is 0 Å². The van der Waals surface area contributed by atoms with E-state index < -0.39 is 0 Å². The van der Waals surface area contributed by atoms with E-state index in [4.69, 9.17) is 0 Å². The average molecular weight is 452 g/mol. The van der Waals surface area contributed by atoms with Gasteiger partial charge in [0.1, 0.15) is 0 Å². The lowest BCUT2D eigenvalue weighted by Gasteiger charge is -2.22. The first-order valence-electron chi connectivity index (χ1n) is 12.3. The fourth-order valence-corrected chi connectivity index (χ4v) is 5.29. The van der Waals surface area contributed by atoms with Gasteiger partial charge in [-0.25, -0.2) is 0 Å². The van der Waals surface area contributed by atoms with E-state index >= 15 is 0 Å². The van der Waals surface area contributed by atoms with E-state index in [2.05, 4.69) is 158 Å². The zero-order valence-electron chi connectivity index (χ0n) is 20.2. The van der Waals surface area contributed by atoms with Crippen molar-refractivity contribution in [2.45, 2.75) is 24.7 Å². The maximum atomic E-state index is 2.40. The van der Waals surface area contributed by atoms with Crippen LogP contribution in [-0.2, 0) is 10.8 Å². The Kier molecular flexibility index (Phi) is 5.07. The zero-order chi connectivity index (χ0) is 23.9. The quantitative estimate of drug-likeness (QED) is 0.294. The Bertz CT molecular complexity index is 1390. The van der Waals surface area contributed by atoms with Crippen molar-refractivity contribution in [1.29, 1.82) is 0 Å². The maximum absolute atomic E-state index is 2.40. The molecule has 0 spiro atoms. The molecule has 0 saturated carbocycles. The van der Waals surface area contributed by atoms with Crippen molar-refractivity contribution in [3.05, 3.63) is 149 Å². The summed E-state index contributed by atoms with van der Waals surface area (Å²) in [6, 6.07) is 32.2. The van der Waals surface area contributed by atoms with E-state index in [1.54, 1.807) is 0 Å². The van der Waals surface area contributed by atoms with Gasteiger partial charge in [0.15, 0.2) is 0 Å². The third kappa shape index (κ3) is 3.65. The molecular weight excluding hydrogens is 422 g/mol. The van der Waals surface area contributed by atoms with Crippen molar-refractivity contribution < 1.29 is 0 Å². The molecule has 1 nitrogen and oxygen atoms in total. The van der Waals surface area contributed by atoms with Crippen LogP contribution in [0.5, 0.6) is 0 Å². The van der Waals surface area contributed by atoms with Gasteiger partial charge in [0, 0.05) is 27.6 Å². The minimum Gasteiger partial charge on any atom is -0.309 e. The van der Waals surface area contributed by atoms with Crippen LogP contribution in [0.3, 0.4) is 0 Å². The average Bonchev–Trinajstić information content (AvgIpc) is 2.99. The standard InChI is InChI=1S/C34H29N/c1-33(26-12-6-3-7-13-26)22-18-29-30-19-23-34(2,27-14-8-4-9-15-27)25-21-32(30)35(31(29)20-24-33)28-16-10-5-11-17-28/h3-25H,1-2H3. The Morgan fingerprint density at radius 1 is 0.457 bits per heavy atom. The summed E-state index contributed by atoms with van der Waals surface area (Å²) in [5.74, 6) is 0. The summed E-state index contributed by atoms with van der Waals surface area (Å²) < 4.78 is 2.40. The first-order chi connectivity index (χ1) is 17.1. The number of rotatable bonds is 3. The molecule has 0 aliphatic heterocycles. The van der Waals surface area contributed by atoms with Crippen molar-refractivity contribution in [1.82, 2.24) is 4.57 Å². The summed E-state index contributed by atoms with van der Waals surface area (Å²) in [4.78, 5) is 0. The molecule has 0 bridgehead atoms. The highest BCUT2D eigenvalue weighted by atomic mass is 15.0. The predicted molar refractivity (Wildman–Crippen MR) is 149 cm³/mol. The number of allylic oxidation sites excluding steroid dienone is 4. The fraction of sp³-hybridized carbons (Fsp3) is 0.118. The summed E-state index contributed by atoms with van der Waals surface area (Å²) in [5.41, 5.74) is 8.38. The number of hydrogen-bond acceptors (Lipinski definition) is 0. The molecule has 2 aliphatic rings. The van der Waals surface area contributed by atoms with Crippen molar-refractivity contribution in [3.63, 3.8) is 0 Å². The van der Waals surface area contributed by atoms with Crippen molar-refractivity contribution in [3.8, 4) is 5.69 Å². The second-order valence-corrected chi connectivity index (χ2v) is 9.90. The molecule has 0 N–H and O–H groups in total. The molecule has 2 aliphatic carbocycles. The lowest BCUT2D eigenvalue weighted by Crippen LogP contribution is -2.14. The topological polar surface area (TPSA) is 4.93 Å². The van der Waals surface area contributed by atoms with Gasteiger partial charge in [-0.15, -0.1) is 0 Å². The molecule has 0 amide bonds. The normalized spacial score (nSPS) is 22.3. The van der Waals surface area contributed by atoms with Crippen LogP contribution < -0.4 is 0 Å². The predicted octanol–water partition coefficient (Wildman–Crippen LogP) is 8.47. The lowest BCUT2D eigenvalue weighted by atomic mass is 9.82. The summed E-state index contributed by atoms with van der Waals surface area (Å²) in [5, 5.41) is 0. The molecule has 2 unspecified atom stereocenters. The third-order valence-corrected chi connectivity index (χ3v) is 7.50. The van der Waals surface area contributed by atoms with Crippen LogP contribution in [0.2, 0.25) is 0 Å². The van der Waals surface area contributed by atoms with Gasteiger partial charge >= 0.3 is 0 Å².